The summed E-state index contributed by atoms with van der Waals surface area (Å²) >= 11 is 0. The summed E-state index contributed by atoms with van der Waals surface area (Å²) in [6, 6.07) is 8.31. The summed E-state index contributed by atoms with van der Waals surface area (Å²) in [5.74, 6) is -0.409. The average molecular weight is 556 g/mol. The Bertz CT molecular complexity index is 1050. The first kappa shape index (κ1) is 30.5. The van der Waals surface area contributed by atoms with E-state index in [1.165, 1.54) is 13.0 Å². The molecule has 2 aromatic rings. The number of hydrogen-bond donors (Lipinski definition) is 3. The molecule has 0 saturated heterocycles. The smallest absolute Gasteiger partial charge is 0.387 e. The fraction of sp³-hybridized carbons (Fsp3) is 0.556. The van der Waals surface area contributed by atoms with Crippen molar-refractivity contribution < 1.29 is 52.6 Å². The topological polar surface area (TPSA) is 137 Å². The van der Waals surface area contributed by atoms with Crippen LogP contribution in [0.15, 0.2) is 36.5 Å². The van der Waals surface area contributed by atoms with E-state index in [9.17, 15) is 23.8 Å². The van der Waals surface area contributed by atoms with Gasteiger partial charge in [0.1, 0.15) is 12.2 Å². The predicted molar refractivity (Wildman–Crippen MR) is 134 cm³/mol. The third-order valence-corrected chi connectivity index (χ3v) is 5.64. The van der Waals surface area contributed by atoms with E-state index in [0.29, 0.717) is 18.6 Å². The lowest BCUT2D eigenvalue weighted by atomic mass is 10.1. The lowest BCUT2D eigenvalue weighted by Crippen LogP contribution is -2.48. The number of aliphatic hydroxyl groups is 3. The van der Waals surface area contributed by atoms with Crippen LogP contribution in [0.2, 0.25) is 0 Å². The van der Waals surface area contributed by atoms with Crippen LogP contribution in [0.5, 0.6) is 17.4 Å². The normalized spacial score (nSPS) is 16.5. The molecule has 3 rings (SSSR count). The summed E-state index contributed by atoms with van der Waals surface area (Å²) in [4.78, 5) is 16.6. The van der Waals surface area contributed by atoms with Gasteiger partial charge in [0.15, 0.2) is 23.9 Å². The molecule has 1 aromatic heterocycles. The van der Waals surface area contributed by atoms with E-state index in [4.69, 9.17) is 24.1 Å². The van der Waals surface area contributed by atoms with Gasteiger partial charge in [-0.25, -0.2) is 9.78 Å². The highest BCUT2D eigenvalue weighted by atomic mass is 19.3. The van der Waals surface area contributed by atoms with Crippen LogP contribution in [0, 0.1) is 0 Å². The summed E-state index contributed by atoms with van der Waals surface area (Å²) in [5, 5.41) is 29.1. The van der Waals surface area contributed by atoms with Crippen LogP contribution in [0.1, 0.15) is 44.7 Å². The van der Waals surface area contributed by atoms with Gasteiger partial charge in [-0.1, -0.05) is 12.1 Å². The minimum absolute atomic E-state index is 0.0123. The number of nitrogens with zero attached hydrogens (tertiary/aromatic N) is 1. The molecule has 1 aliphatic rings. The van der Waals surface area contributed by atoms with Crippen molar-refractivity contribution >= 4 is 5.97 Å². The Morgan fingerprint density at radius 1 is 1.03 bits per heavy atom. The number of rotatable bonds is 16. The number of carbonyl (C=O) groups is 1. The van der Waals surface area contributed by atoms with Crippen LogP contribution >= 0.6 is 0 Å². The molecule has 0 radical (unpaired) electrons. The average Bonchev–Trinajstić information content (AvgIpc) is 3.70. The third kappa shape index (κ3) is 9.88. The molecule has 216 valence electrons. The molecule has 0 aliphatic heterocycles. The molecule has 1 saturated carbocycles. The van der Waals surface area contributed by atoms with Crippen LogP contribution in [-0.4, -0.2) is 76.3 Å². The van der Waals surface area contributed by atoms with Crippen LogP contribution in [0.3, 0.4) is 0 Å². The van der Waals surface area contributed by atoms with Gasteiger partial charge in [-0.3, -0.25) is 0 Å². The van der Waals surface area contributed by atoms with Crippen molar-refractivity contribution in [1.82, 2.24) is 4.98 Å². The van der Waals surface area contributed by atoms with Gasteiger partial charge in [-0.15, -0.1) is 0 Å². The number of aliphatic hydroxyl groups excluding tert-OH is 3. The summed E-state index contributed by atoms with van der Waals surface area (Å²) < 4.78 is 51.9. The molecule has 0 spiro atoms. The second-order valence-corrected chi connectivity index (χ2v) is 9.45. The van der Waals surface area contributed by atoms with Crippen LogP contribution < -0.4 is 14.2 Å². The highest BCUT2D eigenvalue weighted by Gasteiger charge is 2.36. The minimum Gasteiger partial charge on any atom is -0.487 e. The van der Waals surface area contributed by atoms with E-state index in [1.807, 2.05) is 0 Å². The number of pyridine rings is 1. The Kier molecular flexibility index (Phi) is 11.2. The monoisotopic (exact) mass is 555 g/mol. The zero-order valence-corrected chi connectivity index (χ0v) is 22.0. The van der Waals surface area contributed by atoms with Crippen LogP contribution in [-0.2, 0) is 27.1 Å². The van der Waals surface area contributed by atoms with Gasteiger partial charge >= 0.3 is 12.6 Å². The second kappa shape index (κ2) is 14.4. The molecular weight excluding hydrogens is 520 g/mol. The zero-order chi connectivity index (χ0) is 28.5. The summed E-state index contributed by atoms with van der Waals surface area (Å²) in [7, 11) is 0. The molecule has 0 amide bonds. The van der Waals surface area contributed by atoms with Crippen LogP contribution in [0.25, 0.3) is 0 Å². The number of aromatic nitrogens is 1. The number of carbonyl (C=O) groups excluding carboxylic acids is 1. The number of esters is 1. The quantitative estimate of drug-likeness (QED) is 0.209. The van der Waals surface area contributed by atoms with E-state index >= 15 is 0 Å². The largest absolute Gasteiger partial charge is 0.487 e. The maximum absolute atomic E-state index is 12.7. The van der Waals surface area contributed by atoms with Gasteiger partial charge in [0.25, 0.3) is 0 Å². The molecule has 3 unspecified atom stereocenters. The molecule has 1 heterocycles. The summed E-state index contributed by atoms with van der Waals surface area (Å²) in [6.07, 6.45) is -1.91. The summed E-state index contributed by atoms with van der Waals surface area (Å²) in [5.41, 5.74) is 1.77. The van der Waals surface area contributed by atoms with Crippen molar-refractivity contribution in [3.63, 3.8) is 0 Å². The standard InChI is InChI=1S/C27H35F2NO9/c1-15(2)35-26(34)25(24(33)20(32)14-31)37-16(3)36-23-11-7-18(13-30-23)5-4-17-6-10-21(39-27(28)29)22(12-17)38-19-8-9-19/h6-7,10-13,15-16,19-20,24-25,27,31-33H,4-5,8-9,14H2,1-3H3/t16?,20-,24?,25?/m0/s1. The molecule has 10 nitrogen and oxygen atoms in total. The van der Waals surface area contributed by atoms with E-state index in [2.05, 4.69) is 9.72 Å². The molecule has 4 atom stereocenters. The molecule has 1 aromatic carbocycles. The highest BCUT2D eigenvalue weighted by Crippen LogP contribution is 2.35. The lowest BCUT2D eigenvalue weighted by molar-refractivity contribution is -0.199. The minimum atomic E-state index is -2.94. The van der Waals surface area contributed by atoms with E-state index in [0.717, 1.165) is 24.0 Å². The van der Waals surface area contributed by atoms with Gasteiger partial charge in [-0.05, 0) is 69.7 Å². The SMILES string of the molecule is CC(C)OC(=O)C(OC(C)Oc1ccc(CCc2ccc(OC(F)F)c(OC3CC3)c2)cn1)C(O)[C@@H](O)CO. The Hall–Kier alpha value is -3.06. The van der Waals surface area contributed by atoms with Gasteiger partial charge in [-0.2, -0.15) is 8.78 Å². The fourth-order valence-electron chi connectivity index (χ4n) is 3.56. The molecule has 0 bridgehead atoms. The predicted octanol–water partition coefficient (Wildman–Crippen LogP) is 2.79. The maximum Gasteiger partial charge on any atom is 0.387 e. The van der Waals surface area contributed by atoms with Crippen molar-refractivity contribution in [1.29, 1.82) is 0 Å². The zero-order valence-electron chi connectivity index (χ0n) is 22.0. The van der Waals surface area contributed by atoms with Crippen molar-refractivity contribution in [2.45, 2.75) is 89.9 Å². The lowest BCUT2D eigenvalue weighted by Gasteiger charge is -2.27. The molecule has 3 N–H and O–H groups in total. The van der Waals surface area contributed by atoms with Gasteiger partial charge < -0.3 is 39.0 Å². The van der Waals surface area contributed by atoms with E-state index in [-0.39, 0.29) is 17.7 Å². The molecule has 12 heteroatoms. The molecule has 1 fully saturated rings. The van der Waals surface area contributed by atoms with Crippen molar-refractivity contribution in [3.05, 3.63) is 47.7 Å². The van der Waals surface area contributed by atoms with Crippen molar-refractivity contribution in [2.24, 2.45) is 0 Å². The third-order valence-electron chi connectivity index (χ3n) is 5.64. The fourth-order valence-corrected chi connectivity index (χ4v) is 3.56. The van der Waals surface area contributed by atoms with Gasteiger partial charge in [0.2, 0.25) is 5.88 Å². The number of halogens is 2. The number of benzene rings is 1. The van der Waals surface area contributed by atoms with Gasteiger partial charge in [0.05, 0.1) is 18.8 Å². The highest BCUT2D eigenvalue weighted by molar-refractivity contribution is 5.75. The first-order valence-corrected chi connectivity index (χ1v) is 12.7. The summed E-state index contributed by atoms with van der Waals surface area (Å²) in [6.45, 7) is 0.997. The first-order chi connectivity index (χ1) is 18.5. The Morgan fingerprint density at radius 3 is 2.31 bits per heavy atom. The first-order valence-electron chi connectivity index (χ1n) is 12.7. The number of aryl methyl sites for hydroxylation is 2. The molecule has 39 heavy (non-hydrogen) atoms. The second-order valence-electron chi connectivity index (χ2n) is 9.45. The van der Waals surface area contributed by atoms with Crippen LogP contribution in [0.4, 0.5) is 8.78 Å². The van der Waals surface area contributed by atoms with E-state index in [1.54, 1.807) is 44.3 Å². The molecular formula is C27H35F2NO9. The number of alkyl halides is 2. The Labute approximate surface area is 225 Å². The van der Waals surface area contributed by atoms with E-state index < -0.39 is 49.9 Å². The Balaban J connectivity index is 1.57. The van der Waals surface area contributed by atoms with Crippen molar-refractivity contribution in [3.8, 4) is 17.4 Å². The number of hydrogen-bond acceptors (Lipinski definition) is 10. The van der Waals surface area contributed by atoms with Crippen molar-refractivity contribution in [2.75, 3.05) is 6.61 Å². The molecule has 1 aliphatic carbocycles. The maximum atomic E-state index is 12.7. The number of ether oxygens (including phenoxy) is 5. The van der Waals surface area contributed by atoms with Gasteiger partial charge in [0, 0.05) is 12.3 Å². The Morgan fingerprint density at radius 2 is 1.72 bits per heavy atom.